The van der Waals surface area contributed by atoms with Gasteiger partial charge in [0.1, 0.15) is 0 Å². The fourth-order valence-corrected chi connectivity index (χ4v) is 3.07. The zero-order valence-electron chi connectivity index (χ0n) is 9.78. The Balaban J connectivity index is 1.76. The largest absolute Gasteiger partial charge is 0.340 e. The van der Waals surface area contributed by atoms with Crippen LogP contribution in [0.15, 0.2) is 0 Å². The quantitative estimate of drug-likeness (QED) is 0.732. The topological polar surface area (TPSA) is 35.6 Å². The van der Waals surface area contributed by atoms with Gasteiger partial charge >= 0.3 is 0 Å². The Kier molecular flexibility index (Phi) is 4.93. The number of amides is 1. The van der Waals surface area contributed by atoms with E-state index in [1.54, 1.807) is 0 Å². The number of nitrogens with zero attached hydrogens (tertiary/aromatic N) is 2. The van der Waals surface area contributed by atoms with Crippen molar-refractivity contribution < 1.29 is 4.79 Å². The number of nitrogens with one attached hydrogen (secondary N) is 1. The summed E-state index contributed by atoms with van der Waals surface area (Å²) < 4.78 is 0. The lowest BCUT2D eigenvalue weighted by Gasteiger charge is -2.29. The molecule has 0 saturated carbocycles. The molecule has 2 rings (SSSR count). The molecule has 0 aliphatic carbocycles. The average Bonchev–Trinajstić information content (AvgIpc) is 2.59. The van der Waals surface area contributed by atoms with Gasteiger partial charge in [-0.05, 0) is 19.5 Å². The summed E-state index contributed by atoms with van der Waals surface area (Å²) in [5, 5.41) is 3.36. The van der Waals surface area contributed by atoms with Crippen LogP contribution in [0, 0.1) is 0 Å². The zero-order chi connectivity index (χ0) is 11.2. The van der Waals surface area contributed by atoms with E-state index in [1.165, 1.54) is 0 Å². The van der Waals surface area contributed by atoms with Crippen LogP contribution in [0.2, 0.25) is 0 Å². The molecule has 4 nitrogen and oxygen atoms in total. The summed E-state index contributed by atoms with van der Waals surface area (Å²) >= 11 is 1.95. The van der Waals surface area contributed by atoms with Crippen molar-refractivity contribution in [3.05, 3.63) is 0 Å². The van der Waals surface area contributed by atoms with Crippen LogP contribution in [0.25, 0.3) is 0 Å². The van der Waals surface area contributed by atoms with Crippen LogP contribution in [0.5, 0.6) is 0 Å². The van der Waals surface area contributed by atoms with E-state index >= 15 is 0 Å². The van der Waals surface area contributed by atoms with Gasteiger partial charge in [-0.3, -0.25) is 9.69 Å². The Bertz CT molecular complexity index is 223. The molecule has 1 N–H and O–H groups in total. The lowest BCUT2D eigenvalue weighted by Crippen LogP contribution is -2.44. The molecule has 0 unspecified atom stereocenters. The van der Waals surface area contributed by atoms with E-state index in [1.807, 2.05) is 16.7 Å². The minimum atomic E-state index is 0.321. The Morgan fingerprint density at radius 1 is 1.12 bits per heavy atom. The molecule has 5 heteroatoms. The van der Waals surface area contributed by atoms with Crippen molar-refractivity contribution >= 4 is 17.7 Å². The van der Waals surface area contributed by atoms with Gasteiger partial charge in [-0.25, -0.2) is 0 Å². The molecule has 2 aliphatic heterocycles. The molecule has 0 spiro atoms. The molecule has 0 atom stereocenters. The zero-order valence-corrected chi connectivity index (χ0v) is 10.6. The fourth-order valence-electron chi connectivity index (χ4n) is 2.16. The average molecular weight is 243 g/mol. The lowest BCUT2D eigenvalue weighted by molar-refractivity contribution is -0.132. The smallest absolute Gasteiger partial charge is 0.236 e. The molecule has 2 saturated heterocycles. The maximum absolute atomic E-state index is 12.0. The first kappa shape index (κ1) is 12.2. The predicted octanol–water partition coefficient (Wildman–Crippen LogP) is -0.143. The number of hydrogen-bond donors (Lipinski definition) is 1. The molecule has 0 radical (unpaired) electrons. The Hall–Kier alpha value is -0.260. The highest BCUT2D eigenvalue weighted by Crippen LogP contribution is 2.09. The van der Waals surface area contributed by atoms with Gasteiger partial charge in [0, 0.05) is 37.7 Å². The maximum atomic E-state index is 12.0. The summed E-state index contributed by atoms with van der Waals surface area (Å²) in [5.74, 6) is 2.53. The molecule has 0 aromatic rings. The van der Waals surface area contributed by atoms with Gasteiger partial charge in [-0.2, -0.15) is 11.8 Å². The van der Waals surface area contributed by atoms with Crippen molar-refractivity contribution in [3.63, 3.8) is 0 Å². The van der Waals surface area contributed by atoms with Gasteiger partial charge in [0.2, 0.25) is 5.91 Å². The van der Waals surface area contributed by atoms with E-state index in [0.29, 0.717) is 12.5 Å². The van der Waals surface area contributed by atoms with Gasteiger partial charge in [-0.1, -0.05) is 0 Å². The standard InChI is InChI=1S/C11H21N3OS/c15-11(14-6-8-16-9-7-14)10-13-4-1-2-12-3-5-13/h12H,1-10H2. The Morgan fingerprint density at radius 3 is 2.75 bits per heavy atom. The maximum Gasteiger partial charge on any atom is 0.236 e. The normalized spacial score (nSPS) is 24.1. The molecule has 2 heterocycles. The van der Waals surface area contributed by atoms with Crippen molar-refractivity contribution in [2.24, 2.45) is 0 Å². The van der Waals surface area contributed by atoms with Crippen molar-refractivity contribution in [1.29, 1.82) is 0 Å². The van der Waals surface area contributed by atoms with Crippen molar-refractivity contribution in [3.8, 4) is 0 Å². The van der Waals surface area contributed by atoms with Gasteiger partial charge in [0.15, 0.2) is 0 Å². The third-order valence-electron chi connectivity index (χ3n) is 3.16. The molecule has 16 heavy (non-hydrogen) atoms. The molecule has 2 fully saturated rings. The van der Waals surface area contributed by atoms with Crippen LogP contribution < -0.4 is 5.32 Å². The molecule has 0 aromatic heterocycles. The van der Waals surface area contributed by atoms with Crippen LogP contribution in [-0.2, 0) is 4.79 Å². The third-order valence-corrected chi connectivity index (χ3v) is 4.10. The highest BCUT2D eigenvalue weighted by atomic mass is 32.2. The minimum absolute atomic E-state index is 0.321. The lowest BCUT2D eigenvalue weighted by atomic mass is 10.3. The second-order valence-electron chi connectivity index (χ2n) is 4.37. The minimum Gasteiger partial charge on any atom is -0.340 e. The van der Waals surface area contributed by atoms with Crippen LogP contribution in [0.4, 0.5) is 0 Å². The van der Waals surface area contributed by atoms with E-state index in [9.17, 15) is 4.79 Å². The highest BCUT2D eigenvalue weighted by Gasteiger charge is 2.19. The number of rotatable bonds is 2. The summed E-state index contributed by atoms with van der Waals surface area (Å²) in [5.41, 5.74) is 0. The van der Waals surface area contributed by atoms with Crippen molar-refractivity contribution in [2.75, 3.05) is 57.3 Å². The number of carbonyl (C=O) groups excluding carboxylic acids is 1. The van der Waals surface area contributed by atoms with Crippen LogP contribution >= 0.6 is 11.8 Å². The van der Waals surface area contributed by atoms with E-state index < -0.39 is 0 Å². The number of thioether (sulfide) groups is 1. The first-order chi connectivity index (χ1) is 7.86. The first-order valence-corrected chi connectivity index (χ1v) is 7.30. The summed E-state index contributed by atoms with van der Waals surface area (Å²) in [6.07, 6.45) is 1.16. The molecule has 0 aromatic carbocycles. The predicted molar refractivity (Wildman–Crippen MR) is 67.8 cm³/mol. The summed E-state index contributed by atoms with van der Waals surface area (Å²) in [6, 6.07) is 0. The fraction of sp³-hybridized carbons (Fsp3) is 0.909. The van der Waals surface area contributed by atoms with Gasteiger partial charge in [0.25, 0.3) is 0 Å². The molecule has 1 amide bonds. The molecule has 92 valence electrons. The van der Waals surface area contributed by atoms with Crippen molar-refractivity contribution in [2.45, 2.75) is 6.42 Å². The van der Waals surface area contributed by atoms with Gasteiger partial charge in [-0.15, -0.1) is 0 Å². The van der Waals surface area contributed by atoms with Gasteiger partial charge in [0.05, 0.1) is 6.54 Å². The molecule has 0 bridgehead atoms. The molecular weight excluding hydrogens is 222 g/mol. The first-order valence-electron chi connectivity index (χ1n) is 6.15. The second-order valence-corrected chi connectivity index (χ2v) is 5.60. The van der Waals surface area contributed by atoms with E-state index in [2.05, 4.69) is 10.2 Å². The monoisotopic (exact) mass is 243 g/mol. The van der Waals surface area contributed by atoms with E-state index in [4.69, 9.17) is 0 Å². The second kappa shape index (κ2) is 6.47. The number of hydrogen-bond acceptors (Lipinski definition) is 4. The van der Waals surface area contributed by atoms with Gasteiger partial charge < -0.3 is 10.2 Å². The summed E-state index contributed by atoms with van der Waals surface area (Å²) in [7, 11) is 0. The molecular formula is C11H21N3OS. The van der Waals surface area contributed by atoms with Crippen molar-refractivity contribution in [1.82, 2.24) is 15.1 Å². The Morgan fingerprint density at radius 2 is 1.94 bits per heavy atom. The summed E-state index contributed by atoms with van der Waals surface area (Å²) in [6.45, 7) is 6.67. The highest BCUT2D eigenvalue weighted by molar-refractivity contribution is 7.99. The third kappa shape index (κ3) is 3.64. The van der Waals surface area contributed by atoms with Crippen LogP contribution in [0.1, 0.15) is 6.42 Å². The number of carbonyl (C=O) groups is 1. The SMILES string of the molecule is O=C(CN1CCCNCC1)N1CCSCC1. The van der Waals surface area contributed by atoms with E-state index in [0.717, 1.165) is 57.2 Å². The van der Waals surface area contributed by atoms with Crippen LogP contribution in [-0.4, -0.2) is 73.0 Å². The molecule has 2 aliphatic rings. The summed E-state index contributed by atoms with van der Waals surface area (Å²) in [4.78, 5) is 16.3. The Labute approximate surface area is 102 Å². The van der Waals surface area contributed by atoms with E-state index in [-0.39, 0.29) is 0 Å². The van der Waals surface area contributed by atoms with Crippen LogP contribution in [0.3, 0.4) is 0 Å².